The third-order valence-electron chi connectivity index (χ3n) is 1.99. The van der Waals surface area contributed by atoms with Crippen molar-refractivity contribution in [3.05, 3.63) is 27.5 Å². The Morgan fingerprint density at radius 2 is 2.29 bits per heavy atom. The molecular formula is C11H12ClNS. The molecule has 1 aromatic heterocycles. The number of rotatable bonds is 3. The highest BCUT2D eigenvalue weighted by molar-refractivity contribution is 7.08. The molecule has 0 radical (unpaired) electrons. The zero-order chi connectivity index (χ0) is 10.6. The molecule has 1 heterocycles. The van der Waals surface area contributed by atoms with Gasteiger partial charge < -0.3 is 0 Å². The van der Waals surface area contributed by atoms with E-state index in [1.54, 1.807) is 11.3 Å². The van der Waals surface area contributed by atoms with Crippen molar-refractivity contribution in [1.29, 1.82) is 5.26 Å². The van der Waals surface area contributed by atoms with Crippen LogP contribution < -0.4 is 0 Å². The monoisotopic (exact) mass is 225 g/mol. The molecule has 1 rings (SSSR count). The number of allylic oxidation sites excluding steroid dienone is 1. The van der Waals surface area contributed by atoms with E-state index in [-0.39, 0.29) is 0 Å². The first-order valence-electron chi connectivity index (χ1n) is 4.52. The fourth-order valence-corrected chi connectivity index (χ4v) is 2.46. The van der Waals surface area contributed by atoms with Crippen LogP contribution >= 0.6 is 22.9 Å². The van der Waals surface area contributed by atoms with E-state index < -0.39 is 0 Å². The van der Waals surface area contributed by atoms with Gasteiger partial charge in [0.15, 0.2) is 0 Å². The fraction of sp³-hybridized carbons (Fsp3) is 0.364. The van der Waals surface area contributed by atoms with E-state index in [2.05, 4.69) is 6.07 Å². The summed E-state index contributed by atoms with van der Waals surface area (Å²) in [5.74, 6) is 0. The number of nitriles is 1. The molecule has 14 heavy (non-hydrogen) atoms. The topological polar surface area (TPSA) is 23.8 Å². The van der Waals surface area contributed by atoms with Gasteiger partial charge in [-0.1, -0.05) is 24.9 Å². The molecule has 0 aliphatic rings. The lowest BCUT2D eigenvalue weighted by atomic mass is 10.1. The first kappa shape index (κ1) is 11.3. The summed E-state index contributed by atoms with van der Waals surface area (Å²) >= 11 is 7.77. The maximum atomic E-state index is 8.93. The molecule has 3 heteroatoms. The highest BCUT2D eigenvalue weighted by Gasteiger charge is 2.09. The molecule has 0 saturated carbocycles. The minimum atomic E-state index is 0.619. The molecule has 0 N–H and O–H groups in total. The minimum absolute atomic E-state index is 0.619. The molecule has 0 aliphatic heterocycles. The first-order valence-corrected chi connectivity index (χ1v) is 5.84. The minimum Gasteiger partial charge on any atom is -0.193 e. The predicted molar refractivity (Wildman–Crippen MR) is 62.4 cm³/mol. The summed E-state index contributed by atoms with van der Waals surface area (Å²) in [6, 6.07) is 2.17. The quantitative estimate of drug-likeness (QED) is 0.703. The molecular weight excluding hydrogens is 214 g/mol. The molecule has 1 nitrogen and oxygen atoms in total. The van der Waals surface area contributed by atoms with Gasteiger partial charge in [-0.2, -0.15) is 16.6 Å². The largest absolute Gasteiger partial charge is 0.193 e. The van der Waals surface area contributed by atoms with E-state index in [1.807, 2.05) is 24.6 Å². The van der Waals surface area contributed by atoms with Crippen LogP contribution in [0, 0.1) is 18.3 Å². The second-order valence-electron chi connectivity index (χ2n) is 3.12. The van der Waals surface area contributed by atoms with Gasteiger partial charge >= 0.3 is 0 Å². The third-order valence-corrected chi connectivity index (χ3v) is 3.29. The SMILES string of the molecule is CCCC(C#N)=C(Cl)c1cscc1C. The van der Waals surface area contributed by atoms with E-state index in [1.165, 1.54) is 0 Å². The molecule has 74 valence electrons. The number of hydrogen-bond acceptors (Lipinski definition) is 2. The highest BCUT2D eigenvalue weighted by Crippen LogP contribution is 2.30. The molecule has 0 bridgehead atoms. The Morgan fingerprint density at radius 1 is 1.57 bits per heavy atom. The van der Waals surface area contributed by atoms with Crippen molar-refractivity contribution in [1.82, 2.24) is 0 Å². The van der Waals surface area contributed by atoms with Crippen molar-refractivity contribution in [2.45, 2.75) is 26.7 Å². The zero-order valence-electron chi connectivity index (χ0n) is 8.30. The van der Waals surface area contributed by atoms with Crippen LogP contribution in [0.4, 0.5) is 0 Å². The Hall–Kier alpha value is -0.780. The van der Waals surface area contributed by atoms with Gasteiger partial charge in [0.1, 0.15) is 0 Å². The second-order valence-corrected chi connectivity index (χ2v) is 4.24. The summed E-state index contributed by atoms with van der Waals surface area (Å²) in [4.78, 5) is 0. The Bertz CT molecular complexity index is 384. The van der Waals surface area contributed by atoms with Crippen LogP contribution in [0.3, 0.4) is 0 Å². The smallest absolute Gasteiger partial charge is 0.0962 e. The number of halogens is 1. The molecule has 0 saturated heterocycles. The van der Waals surface area contributed by atoms with Gasteiger partial charge in [-0.15, -0.1) is 0 Å². The van der Waals surface area contributed by atoms with Crippen molar-refractivity contribution < 1.29 is 0 Å². The number of aryl methyl sites for hydroxylation is 1. The summed E-state index contributed by atoms with van der Waals surface area (Å²) in [5, 5.41) is 13.6. The summed E-state index contributed by atoms with van der Waals surface area (Å²) < 4.78 is 0. The molecule has 0 aromatic carbocycles. The second kappa shape index (κ2) is 5.19. The van der Waals surface area contributed by atoms with Crippen molar-refractivity contribution in [3.63, 3.8) is 0 Å². The molecule has 0 atom stereocenters. The zero-order valence-corrected chi connectivity index (χ0v) is 9.87. The van der Waals surface area contributed by atoms with Gasteiger partial charge in [-0.3, -0.25) is 0 Å². The van der Waals surface area contributed by atoms with Gasteiger partial charge in [0.25, 0.3) is 0 Å². The predicted octanol–water partition coefficient (Wildman–Crippen LogP) is 4.33. The number of hydrogen-bond donors (Lipinski definition) is 0. The summed E-state index contributed by atoms with van der Waals surface area (Å²) in [6.07, 6.45) is 1.70. The van der Waals surface area contributed by atoms with Crippen molar-refractivity contribution in [2.24, 2.45) is 0 Å². The average molecular weight is 226 g/mol. The maximum absolute atomic E-state index is 8.93. The van der Waals surface area contributed by atoms with Crippen LogP contribution in [0.25, 0.3) is 5.03 Å². The standard InChI is InChI=1S/C11H12ClNS/c1-3-4-9(5-13)11(12)10-7-14-6-8(10)2/h6-7H,3-4H2,1-2H3. The van der Waals surface area contributed by atoms with Gasteiger partial charge in [0.05, 0.1) is 11.1 Å². The maximum Gasteiger partial charge on any atom is 0.0962 e. The van der Waals surface area contributed by atoms with Crippen molar-refractivity contribution >= 4 is 28.0 Å². The van der Waals surface area contributed by atoms with Crippen LogP contribution in [0.5, 0.6) is 0 Å². The molecule has 0 spiro atoms. The molecule has 0 fully saturated rings. The molecule has 0 aliphatic carbocycles. The van der Waals surface area contributed by atoms with Crippen LogP contribution in [-0.4, -0.2) is 0 Å². The lowest BCUT2D eigenvalue weighted by Crippen LogP contribution is -1.85. The lowest BCUT2D eigenvalue weighted by molar-refractivity contribution is 0.933. The Balaban J connectivity index is 3.09. The average Bonchev–Trinajstić information content (AvgIpc) is 2.59. The van der Waals surface area contributed by atoms with Gasteiger partial charge in [-0.05, 0) is 29.7 Å². The molecule has 0 unspecified atom stereocenters. The van der Waals surface area contributed by atoms with Crippen LogP contribution in [0.1, 0.15) is 30.9 Å². The Kier molecular flexibility index (Phi) is 4.19. The third kappa shape index (κ3) is 2.37. The summed E-state index contributed by atoms with van der Waals surface area (Å²) in [6.45, 7) is 4.05. The van der Waals surface area contributed by atoms with Crippen LogP contribution in [-0.2, 0) is 0 Å². The van der Waals surface area contributed by atoms with E-state index in [9.17, 15) is 0 Å². The Morgan fingerprint density at radius 3 is 2.71 bits per heavy atom. The van der Waals surface area contributed by atoms with Crippen molar-refractivity contribution in [3.8, 4) is 6.07 Å². The Labute approximate surface area is 93.6 Å². The number of nitrogens with zero attached hydrogens (tertiary/aromatic N) is 1. The van der Waals surface area contributed by atoms with E-state index in [0.29, 0.717) is 10.6 Å². The molecule has 0 amide bonds. The van der Waals surface area contributed by atoms with Crippen LogP contribution in [0.15, 0.2) is 16.3 Å². The van der Waals surface area contributed by atoms with Gasteiger partial charge in [0.2, 0.25) is 0 Å². The highest BCUT2D eigenvalue weighted by atomic mass is 35.5. The lowest BCUT2D eigenvalue weighted by Gasteiger charge is -2.01. The summed E-state index contributed by atoms with van der Waals surface area (Å²) in [7, 11) is 0. The van der Waals surface area contributed by atoms with Gasteiger partial charge in [-0.25, -0.2) is 0 Å². The van der Waals surface area contributed by atoms with E-state index >= 15 is 0 Å². The van der Waals surface area contributed by atoms with Crippen molar-refractivity contribution in [2.75, 3.05) is 0 Å². The summed E-state index contributed by atoms with van der Waals surface area (Å²) in [5.41, 5.74) is 2.83. The van der Waals surface area contributed by atoms with Gasteiger partial charge in [0, 0.05) is 11.1 Å². The van der Waals surface area contributed by atoms with E-state index in [0.717, 1.165) is 24.0 Å². The van der Waals surface area contributed by atoms with E-state index in [4.69, 9.17) is 16.9 Å². The first-order chi connectivity index (χ1) is 6.70. The molecule has 1 aromatic rings. The fourth-order valence-electron chi connectivity index (χ4n) is 1.21. The van der Waals surface area contributed by atoms with Crippen LogP contribution in [0.2, 0.25) is 0 Å². The number of thiophene rings is 1. The normalized spacial score (nSPS) is 12.1.